The van der Waals surface area contributed by atoms with Gasteiger partial charge in [-0.1, -0.05) is 50.1 Å². The molecule has 1 aromatic rings. The summed E-state index contributed by atoms with van der Waals surface area (Å²) in [6, 6.07) is 7.93. The third kappa shape index (κ3) is 3.62. The van der Waals surface area contributed by atoms with Gasteiger partial charge in [0.25, 0.3) is 0 Å². The highest BCUT2D eigenvalue weighted by atomic mass is 14.6. The summed E-state index contributed by atoms with van der Waals surface area (Å²) >= 11 is 0. The van der Waals surface area contributed by atoms with Crippen LogP contribution in [0.2, 0.25) is 0 Å². The van der Waals surface area contributed by atoms with Gasteiger partial charge in [0, 0.05) is 0 Å². The van der Waals surface area contributed by atoms with Gasteiger partial charge in [-0.15, -0.1) is 0 Å². The summed E-state index contributed by atoms with van der Waals surface area (Å²) < 4.78 is 0. The van der Waals surface area contributed by atoms with Crippen molar-refractivity contribution in [2.45, 2.75) is 33.1 Å². The summed E-state index contributed by atoms with van der Waals surface area (Å²) in [7, 11) is 0. The second-order valence-electron chi connectivity index (χ2n) is 4.07. The molecule has 14 heavy (non-hydrogen) atoms. The SMILES string of the molecule is [C-]#[N+]c1cccc(CCCC(C)C)c1. The van der Waals surface area contributed by atoms with E-state index in [4.69, 9.17) is 6.57 Å². The fourth-order valence-corrected chi connectivity index (χ4v) is 1.50. The number of hydrogen-bond acceptors (Lipinski definition) is 0. The van der Waals surface area contributed by atoms with E-state index in [2.05, 4.69) is 24.8 Å². The lowest BCUT2D eigenvalue weighted by molar-refractivity contribution is 0.556. The average Bonchev–Trinajstić information content (AvgIpc) is 2.18. The Balaban J connectivity index is 2.47. The van der Waals surface area contributed by atoms with Crippen molar-refractivity contribution >= 4 is 5.69 Å². The minimum absolute atomic E-state index is 0.757. The van der Waals surface area contributed by atoms with Crippen LogP contribution in [0.15, 0.2) is 24.3 Å². The maximum atomic E-state index is 6.91. The fraction of sp³-hybridized carbons (Fsp3) is 0.462. The zero-order valence-electron chi connectivity index (χ0n) is 8.96. The van der Waals surface area contributed by atoms with Crippen LogP contribution in [-0.2, 0) is 6.42 Å². The van der Waals surface area contributed by atoms with Gasteiger partial charge in [-0.3, -0.25) is 0 Å². The zero-order chi connectivity index (χ0) is 10.4. The van der Waals surface area contributed by atoms with Crippen molar-refractivity contribution in [3.63, 3.8) is 0 Å². The lowest BCUT2D eigenvalue weighted by Gasteiger charge is -2.04. The van der Waals surface area contributed by atoms with Crippen molar-refractivity contribution in [3.05, 3.63) is 41.2 Å². The third-order valence-corrected chi connectivity index (χ3v) is 2.29. The minimum atomic E-state index is 0.757. The molecule has 0 unspecified atom stereocenters. The molecule has 0 saturated heterocycles. The second kappa shape index (κ2) is 5.44. The summed E-state index contributed by atoms with van der Waals surface area (Å²) in [5, 5.41) is 0. The summed E-state index contributed by atoms with van der Waals surface area (Å²) in [6.45, 7) is 11.4. The molecule has 0 radical (unpaired) electrons. The first kappa shape index (κ1) is 10.8. The van der Waals surface area contributed by atoms with E-state index in [1.165, 1.54) is 18.4 Å². The number of rotatable bonds is 4. The molecule has 0 saturated carbocycles. The highest BCUT2D eigenvalue weighted by Crippen LogP contribution is 2.16. The van der Waals surface area contributed by atoms with E-state index >= 15 is 0 Å². The van der Waals surface area contributed by atoms with Crippen LogP contribution in [0, 0.1) is 12.5 Å². The van der Waals surface area contributed by atoms with Crippen molar-refractivity contribution in [2.75, 3.05) is 0 Å². The molecule has 0 aliphatic carbocycles. The van der Waals surface area contributed by atoms with Crippen LogP contribution in [0.5, 0.6) is 0 Å². The van der Waals surface area contributed by atoms with Crippen molar-refractivity contribution in [2.24, 2.45) is 5.92 Å². The van der Waals surface area contributed by atoms with Gasteiger partial charge in [0.1, 0.15) is 0 Å². The summed E-state index contributed by atoms with van der Waals surface area (Å²) in [4.78, 5) is 3.42. The second-order valence-corrected chi connectivity index (χ2v) is 4.07. The quantitative estimate of drug-likeness (QED) is 0.622. The van der Waals surface area contributed by atoms with E-state index in [0.717, 1.165) is 18.0 Å². The van der Waals surface area contributed by atoms with Crippen molar-refractivity contribution in [3.8, 4) is 0 Å². The van der Waals surface area contributed by atoms with Crippen molar-refractivity contribution in [1.82, 2.24) is 0 Å². The largest absolute Gasteiger partial charge is 0.238 e. The van der Waals surface area contributed by atoms with Crippen LogP contribution in [0.25, 0.3) is 4.85 Å². The number of aryl methyl sites for hydroxylation is 1. The van der Waals surface area contributed by atoms with E-state index < -0.39 is 0 Å². The van der Waals surface area contributed by atoms with Crippen LogP contribution in [0.1, 0.15) is 32.3 Å². The van der Waals surface area contributed by atoms with E-state index in [1.807, 2.05) is 18.2 Å². The third-order valence-electron chi connectivity index (χ3n) is 2.29. The Bertz CT molecular complexity index is 320. The molecule has 0 aromatic heterocycles. The van der Waals surface area contributed by atoms with Gasteiger partial charge in [0.15, 0.2) is 5.69 Å². The fourth-order valence-electron chi connectivity index (χ4n) is 1.50. The maximum absolute atomic E-state index is 6.91. The molecule has 0 aliphatic rings. The van der Waals surface area contributed by atoms with Gasteiger partial charge in [-0.25, -0.2) is 4.85 Å². The van der Waals surface area contributed by atoms with Gasteiger partial charge in [-0.05, 0) is 18.8 Å². The lowest BCUT2D eigenvalue weighted by atomic mass is 10.0. The molecule has 1 rings (SSSR count). The minimum Gasteiger partial charge on any atom is -0.238 e. The van der Waals surface area contributed by atoms with Gasteiger partial charge < -0.3 is 0 Å². The maximum Gasteiger partial charge on any atom is 0.187 e. The van der Waals surface area contributed by atoms with Crippen molar-refractivity contribution < 1.29 is 0 Å². The number of hydrogen-bond donors (Lipinski definition) is 0. The molecule has 0 bridgehead atoms. The highest BCUT2D eigenvalue weighted by molar-refractivity contribution is 5.46. The molecule has 0 aliphatic heterocycles. The number of nitrogens with zero attached hydrogens (tertiary/aromatic N) is 1. The molecule has 0 N–H and O–H groups in total. The van der Waals surface area contributed by atoms with E-state index in [0.29, 0.717) is 0 Å². The van der Waals surface area contributed by atoms with Crippen molar-refractivity contribution in [1.29, 1.82) is 0 Å². The first-order chi connectivity index (χ1) is 6.72. The summed E-state index contributed by atoms with van der Waals surface area (Å²) in [5.41, 5.74) is 2.05. The van der Waals surface area contributed by atoms with Crippen LogP contribution in [0.3, 0.4) is 0 Å². The monoisotopic (exact) mass is 187 g/mol. The van der Waals surface area contributed by atoms with Crippen LogP contribution in [-0.4, -0.2) is 0 Å². The molecule has 0 heterocycles. The topological polar surface area (TPSA) is 4.36 Å². The Morgan fingerprint density at radius 3 is 2.79 bits per heavy atom. The standard InChI is InChI=1S/C13H17N/c1-11(2)6-4-7-12-8-5-9-13(10-12)14-3/h5,8-11H,4,6-7H2,1-2H3. The van der Waals surface area contributed by atoms with Gasteiger partial charge >= 0.3 is 0 Å². The van der Waals surface area contributed by atoms with Crippen LogP contribution < -0.4 is 0 Å². The smallest absolute Gasteiger partial charge is 0.187 e. The highest BCUT2D eigenvalue weighted by Gasteiger charge is 1.97. The molecule has 0 amide bonds. The first-order valence-electron chi connectivity index (χ1n) is 5.19. The van der Waals surface area contributed by atoms with Gasteiger partial charge in [0.05, 0.1) is 6.57 Å². The Hall–Kier alpha value is -1.29. The molecule has 0 atom stereocenters. The molecule has 1 heteroatoms. The molecule has 0 spiro atoms. The van der Waals surface area contributed by atoms with Gasteiger partial charge in [-0.2, -0.15) is 0 Å². The lowest BCUT2D eigenvalue weighted by Crippen LogP contribution is -1.90. The van der Waals surface area contributed by atoms with E-state index in [-0.39, 0.29) is 0 Å². The molecule has 0 fully saturated rings. The summed E-state index contributed by atoms with van der Waals surface area (Å²) in [5.74, 6) is 0.777. The molecule has 1 nitrogen and oxygen atoms in total. The van der Waals surface area contributed by atoms with Gasteiger partial charge in [0.2, 0.25) is 0 Å². The molecular formula is C13H17N. The average molecular weight is 187 g/mol. The Morgan fingerprint density at radius 1 is 1.36 bits per heavy atom. The molecular weight excluding hydrogens is 170 g/mol. The van der Waals surface area contributed by atoms with Crippen LogP contribution in [0.4, 0.5) is 5.69 Å². The Labute approximate surface area is 86.6 Å². The molecule has 1 aromatic carbocycles. The Morgan fingerprint density at radius 2 is 2.14 bits per heavy atom. The predicted octanol–water partition coefficient (Wildman–Crippen LogP) is 4.22. The first-order valence-corrected chi connectivity index (χ1v) is 5.19. The van der Waals surface area contributed by atoms with E-state index in [1.54, 1.807) is 0 Å². The number of benzene rings is 1. The normalized spacial score (nSPS) is 10.1. The van der Waals surface area contributed by atoms with E-state index in [9.17, 15) is 0 Å². The Kier molecular flexibility index (Phi) is 4.19. The molecule has 74 valence electrons. The van der Waals surface area contributed by atoms with Crippen LogP contribution >= 0.6 is 0 Å². The zero-order valence-corrected chi connectivity index (χ0v) is 8.96. The predicted molar refractivity (Wildman–Crippen MR) is 60.5 cm³/mol. The summed E-state index contributed by atoms with van der Waals surface area (Å²) in [6.07, 6.45) is 3.59.